The van der Waals surface area contributed by atoms with Gasteiger partial charge in [0.15, 0.2) is 5.76 Å². The molecule has 2 aromatic rings. The highest BCUT2D eigenvalue weighted by Gasteiger charge is 2.04. The second-order valence-corrected chi connectivity index (χ2v) is 3.23. The van der Waals surface area contributed by atoms with Crippen molar-refractivity contribution in [1.82, 2.24) is 0 Å². The molecular formula is C12H12NO2+. The molecule has 15 heavy (non-hydrogen) atoms. The number of hydroxylamine groups is 1. The number of nitrogens with zero attached hydrogens (tertiary/aromatic N) is 1. The van der Waals surface area contributed by atoms with Crippen molar-refractivity contribution in [2.24, 2.45) is 0 Å². The molecule has 3 heteroatoms. The smallest absolute Gasteiger partial charge is 0.258 e. The minimum Gasteiger partial charge on any atom is -0.459 e. The van der Waals surface area contributed by atoms with E-state index in [0.29, 0.717) is 12.3 Å². The van der Waals surface area contributed by atoms with E-state index < -0.39 is 0 Å². The molecule has 0 aliphatic heterocycles. The van der Waals surface area contributed by atoms with E-state index in [1.165, 1.54) is 0 Å². The maximum atomic E-state index is 9.59. The monoisotopic (exact) mass is 202 g/mol. The lowest BCUT2D eigenvalue weighted by Gasteiger charge is -1.93. The van der Waals surface area contributed by atoms with Gasteiger partial charge < -0.3 is 4.42 Å². The van der Waals surface area contributed by atoms with E-state index in [4.69, 9.17) is 4.42 Å². The Morgan fingerprint density at radius 1 is 1.13 bits per heavy atom. The van der Waals surface area contributed by atoms with Gasteiger partial charge in [0.25, 0.3) is 6.21 Å². The van der Waals surface area contributed by atoms with E-state index in [1.54, 1.807) is 24.6 Å². The first-order chi connectivity index (χ1) is 7.34. The average Bonchev–Trinajstić information content (AvgIpc) is 2.71. The lowest BCUT2D eigenvalue weighted by Crippen LogP contribution is -2.07. The van der Waals surface area contributed by atoms with Crippen LogP contribution in [0.15, 0.2) is 53.1 Å². The van der Waals surface area contributed by atoms with Crippen LogP contribution in [-0.2, 0) is 6.54 Å². The van der Waals surface area contributed by atoms with Gasteiger partial charge in [-0.2, -0.15) is 0 Å². The Hall–Kier alpha value is -2.03. The van der Waals surface area contributed by atoms with Gasteiger partial charge in [0.05, 0.1) is 6.26 Å². The van der Waals surface area contributed by atoms with Crippen LogP contribution >= 0.6 is 0 Å². The highest BCUT2D eigenvalue weighted by atomic mass is 16.5. The molecule has 0 amide bonds. The fourth-order valence-corrected chi connectivity index (χ4v) is 1.33. The van der Waals surface area contributed by atoms with Gasteiger partial charge in [-0.1, -0.05) is 30.3 Å². The van der Waals surface area contributed by atoms with Crippen LogP contribution in [0.3, 0.4) is 0 Å². The standard InChI is InChI=1S/C12H12NO2/c14-13(10-12-7-4-8-15-12)9-11-5-2-1-3-6-11/h1-8,10,14H,9H2/q+1/b13-10-. The predicted molar refractivity (Wildman–Crippen MR) is 56.1 cm³/mol. The zero-order valence-electron chi connectivity index (χ0n) is 8.21. The molecule has 0 aliphatic carbocycles. The maximum Gasteiger partial charge on any atom is 0.258 e. The average molecular weight is 202 g/mol. The molecule has 1 aromatic heterocycles. The molecule has 0 atom stereocenters. The Morgan fingerprint density at radius 3 is 2.60 bits per heavy atom. The highest BCUT2D eigenvalue weighted by molar-refractivity contribution is 5.70. The van der Waals surface area contributed by atoms with Gasteiger partial charge in [-0.15, -0.1) is 0 Å². The first kappa shape index (κ1) is 9.52. The van der Waals surface area contributed by atoms with E-state index in [1.807, 2.05) is 30.3 Å². The second kappa shape index (κ2) is 4.46. The van der Waals surface area contributed by atoms with Crippen molar-refractivity contribution in [2.45, 2.75) is 6.54 Å². The highest BCUT2D eigenvalue weighted by Crippen LogP contribution is 2.00. The van der Waals surface area contributed by atoms with Crippen molar-refractivity contribution in [2.75, 3.05) is 0 Å². The van der Waals surface area contributed by atoms with Crippen LogP contribution in [0.5, 0.6) is 0 Å². The molecule has 0 saturated heterocycles. The summed E-state index contributed by atoms with van der Waals surface area (Å²) < 4.78 is 6.19. The SMILES string of the molecule is O/[N+](=C\c1ccco1)Cc1ccccc1. The zero-order chi connectivity index (χ0) is 10.5. The normalized spacial score (nSPS) is 11.6. The van der Waals surface area contributed by atoms with Gasteiger partial charge in [0.1, 0.15) is 0 Å². The number of benzene rings is 1. The van der Waals surface area contributed by atoms with Gasteiger partial charge in [-0.25, -0.2) is 0 Å². The molecule has 1 N–H and O–H groups in total. The largest absolute Gasteiger partial charge is 0.459 e. The third kappa shape index (κ3) is 2.71. The summed E-state index contributed by atoms with van der Waals surface area (Å²) in [5.41, 5.74) is 1.04. The Kier molecular flexibility index (Phi) is 2.83. The van der Waals surface area contributed by atoms with E-state index >= 15 is 0 Å². The molecule has 1 heterocycles. The summed E-state index contributed by atoms with van der Waals surface area (Å²) in [5, 5.41) is 9.59. The fraction of sp³-hybridized carbons (Fsp3) is 0.0833. The van der Waals surface area contributed by atoms with Crippen LogP contribution < -0.4 is 0 Å². The summed E-state index contributed by atoms with van der Waals surface area (Å²) in [6.45, 7) is 0.446. The first-order valence-electron chi connectivity index (χ1n) is 4.72. The van der Waals surface area contributed by atoms with Crippen LogP contribution in [0.4, 0.5) is 0 Å². The summed E-state index contributed by atoms with van der Waals surface area (Å²) in [6, 6.07) is 13.3. The lowest BCUT2D eigenvalue weighted by molar-refractivity contribution is -0.783. The Balaban J connectivity index is 2.07. The zero-order valence-corrected chi connectivity index (χ0v) is 8.21. The van der Waals surface area contributed by atoms with Crippen LogP contribution in [0.25, 0.3) is 0 Å². The van der Waals surface area contributed by atoms with Crippen LogP contribution in [-0.4, -0.2) is 16.2 Å². The first-order valence-corrected chi connectivity index (χ1v) is 4.72. The predicted octanol–water partition coefficient (Wildman–Crippen LogP) is 2.30. The molecule has 3 nitrogen and oxygen atoms in total. The summed E-state index contributed by atoms with van der Waals surface area (Å²) in [6.07, 6.45) is 3.12. The summed E-state index contributed by atoms with van der Waals surface area (Å²) in [7, 11) is 0. The quantitative estimate of drug-likeness (QED) is 0.359. The van der Waals surface area contributed by atoms with Crippen molar-refractivity contribution in [3.63, 3.8) is 0 Å². The molecule has 76 valence electrons. The third-order valence-electron chi connectivity index (χ3n) is 2.01. The number of hydrogen-bond donors (Lipinski definition) is 1. The Labute approximate surface area is 87.9 Å². The van der Waals surface area contributed by atoms with Gasteiger partial charge >= 0.3 is 0 Å². The van der Waals surface area contributed by atoms with Gasteiger partial charge in [-0.05, 0) is 16.9 Å². The Bertz CT molecular complexity index is 432. The van der Waals surface area contributed by atoms with Gasteiger partial charge in [0, 0.05) is 5.56 Å². The summed E-state index contributed by atoms with van der Waals surface area (Å²) in [4.78, 5) is 0. The summed E-state index contributed by atoms with van der Waals surface area (Å²) >= 11 is 0. The minimum atomic E-state index is 0.446. The molecule has 0 aliphatic rings. The van der Waals surface area contributed by atoms with Crippen molar-refractivity contribution < 1.29 is 14.4 Å². The molecule has 0 saturated carbocycles. The lowest BCUT2D eigenvalue weighted by atomic mass is 10.2. The van der Waals surface area contributed by atoms with E-state index in [-0.39, 0.29) is 0 Å². The van der Waals surface area contributed by atoms with Crippen molar-refractivity contribution in [1.29, 1.82) is 0 Å². The van der Waals surface area contributed by atoms with E-state index in [2.05, 4.69) is 0 Å². The molecule has 0 fully saturated rings. The van der Waals surface area contributed by atoms with Gasteiger partial charge in [-0.3, -0.25) is 5.21 Å². The topological polar surface area (TPSA) is 36.4 Å². The molecule has 0 bridgehead atoms. The molecule has 1 aromatic carbocycles. The van der Waals surface area contributed by atoms with Crippen LogP contribution in [0.2, 0.25) is 0 Å². The molecule has 0 spiro atoms. The minimum absolute atomic E-state index is 0.446. The van der Waals surface area contributed by atoms with Crippen molar-refractivity contribution in [3.8, 4) is 0 Å². The van der Waals surface area contributed by atoms with Gasteiger partial charge in [0.2, 0.25) is 6.54 Å². The third-order valence-corrected chi connectivity index (χ3v) is 2.01. The molecular weight excluding hydrogens is 190 g/mol. The van der Waals surface area contributed by atoms with Crippen molar-refractivity contribution in [3.05, 3.63) is 60.1 Å². The maximum absolute atomic E-state index is 9.59. The number of rotatable bonds is 3. The van der Waals surface area contributed by atoms with E-state index in [9.17, 15) is 5.21 Å². The summed E-state index contributed by atoms with van der Waals surface area (Å²) in [5.74, 6) is 0.633. The Morgan fingerprint density at radius 2 is 1.93 bits per heavy atom. The van der Waals surface area contributed by atoms with Crippen LogP contribution in [0, 0.1) is 0 Å². The molecule has 2 rings (SSSR count). The van der Waals surface area contributed by atoms with Crippen molar-refractivity contribution >= 4 is 6.21 Å². The number of hydrogen-bond acceptors (Lipinski definition) is 2. The van der Waals surface area contributed by atoms with Crippen LogP contribution in [0.1, 0.15) is 11.3 Å². The molecule has 0 radical (unpaired) electrons. The fourth-order valence-electron chi connectivity index (χ4n) is 1.33. The molecule has 0 unspecified atom stereocenters. The second-order valence-electron chi connectivity index (χ2n) is 3.23. The van der Waals surface area contributed by atoms with E-state index in [0.717, 1.165) is 10.3 Å². The number of furan rings is 1.